The largest absolute Gasteiger partial charge is 0.212 e. The van der Waals surface area contributed by atoms with Gasteiger partial charge in [0.15, 0.2) is 8.24 Å². The van der Waals surface area contributed by atoms with Gasteiger partial charge in [-0.2, -0.15) is 0 Å². The minimum atomic E-state index is -1.43. The Labute approximate surface area is 108 Å². The van der Waals surface area contributed by atoms with E-state index in [4.69, 9.17) is 12.2 Å². The van der Waals surface area contributed by atoms with Gasteiger partial charge >= 0.3 is 0 Å². The van der Waals surface area contributed by atoms with Crippen LogP contribution in [-0.4, -0.2) is 23.5 Å². The van der Waals surface area contributed by atoms with E-state index in [-0.39, 0.29) is 0 Å². The molecule has 0 amide bonds. The van der Waals surface area contributed by atoms with Crippen LogP contribution in [0.4, 0.5) is 0 Å². The second kappa shape index (κ2) is 5.59. The van der Waals surface area contributed by atoms with Crippen LogP contribution < -0.4 is 4.75 Å². The molecule has 0 aliphatic rings. The molecule has 0 heterocycles. The Hall–Kier alpha value is 1.05. The number of hydrogen-bond donors (Lipinski definition) is 2. The summed E-state index contributed by atoms with van der Waals surface area (Å²) in [7, 11) is -2.74. The van der Waals surface area contributed by atoms with Crippen molar-refractivity contribution in [3.05, 3.63) is 0 Å². The normalized spacial score (nSPS) is 13.7. The second-order valence-electron chi connectivity index (χ2n) is 5.61. The van der Waals surface area contributed by atoms with Gasteiger partial charge in [0.05, 0.1) is 11.3 Å². The molecule has 1 N–H and O–H groups in total. The first kappa shape index (κ1) is 16.0. The number of hydrogen-bond acceptors (Lipinski definition) is 2. The van der Waals surface area contributed by atoms with Crippen LogP contribution in [0.5, 0.6) is 0 Å². The van der Waals surface area contributed by atoms with Gasteiger partial charge in [-0.15, -0.1) is 0 Å². The zero-order valence-corrected chi connectivity index (χ0v) is 14.6. The summed E-state index contributed by atoms with van der Waals surface area (Å²) < 4.78 is 4.81. The van der Waals surface area contributed by atoms with Crippen LogP contribution in [0.3, 0.4) is 0 Å². The first-order valence-corrected chi connectivity index (χ1v) is 11.7. The van der Waals surface area contributed by atoms with Crippen LogP contribution in [0.25, 0.3) is 0 Å². The highest BCUT2D eigenvalue weighted by Crippen LogP contribution is 2.66. The Morgan fingerprint density at radius 1 is 1.13 bits per heavy atom. The van der Waals surface area contributed by atoms with Gasteiger partial charge in [-0.3, -0.25) is 0 Å². The Kier molecular flexibility index (Phi) is 5.98. The van der Waals surface area contributed by atoms with E-state index in [1.165, 1.54) is 0 Å². The van der Waals surface area contributed by atoms with Gasteiger partial charge in [0.2, 0.25) is 3.94 Å². The minimum absolute atomic E-state index is 0.578. The number of thiol groups is 1. The molecule has 0 unspecified atom stereocenters. The molecule has 0 aromatic rings. The van der Waals surface area contributed by atoms with E-state index in [2.05, 4.69) is 64.7 Å². The maximum absolute atomic E-state index is 5.42. The third-order valence-electron chi connectivity index (χ3n) is 2.47. The van der Waals surface area contributed by atoms with Crippen LogP contribution >= 0.6 is 32.3 Å². The van der Waals surface area contributed by atoms with Crippen LogP contribution in [-0.2, 0) is 0 Å². The lowest BCUT2D eigenvalue weighted by Gasteiger charge is -2.37. The third-order valence-corrected chi connectivity index (χ3v) is 12.4. The molecule has 1 nitrogen and oxygen atoms in total. The lowest BCUT2D eigenvalue weighted by molar-refractivity contribution is 0.979. The highest BCUT2D eigenvalue weighted by Gasteiger charge is 2.50. The maximum atomic E-state index is 5.42. The van der Waals surface area contributed by atoms with Crippen LogP contribution in [0.15, 0.2) is 0 Å². The minimum Gasteiger partial charge on any atom is -0.212 e. The molecular formula is C10H25NPS2Si+. The molecule has 0 aromatic heterocycles. The molecule has 0 saturated carbocycles. The van der Waals surface area contributed by atoms with Crippen molar-refractivity contribution in [3.8, 4) is 0 Å². The standard InChI is InChI=1S/C10H24NPS2Si/c1-8(2)12(9(3)4,10(13)14)11-15(5,6)7/h8-9,11H,1-7H3/p+1. The second-order valence-corrected chi connectivity index (χ2v) is 16.9. The molecule has 0 fully saturated rings. The van der Waals surface area contributed by atoms with E-state index in [9.17, 15) is 0 Å². The fourth-order valence-electron chi connectivity index (χ4n) is 1.90. The summed E-state index contributed by atoms with van der Waals surface area (Å²) in [5.74, 6) is 0. The number of thiocarbonyl (C=S) groups is 1. The monoisotopic (exact) mass is 282 g/mol. The lowest BCUT2D eigenvalue weighted by Crippen LogP contribution is -2.46. The maximum Gasteiger partial charge on any atom is 0.203 e. The van der Waals surface area contributed by atoms with Crippen molar-refractivity contribution in [1.82, 2.24) is 4.75 Å². The van der Waals surface area contributed by atoms with Crippen molar-refractivity contribution in [2.24, 2.45) is 0 Å². The third kappa shape index (κ3) is 4.08. The van der Waals surface area contributed by atoms with Gasteiger partial charge < -0.3 is 0 Å². The molecule has 0 rings (SSSR count). The van der Waals surface area contributed by atoms with Gasteiger partial charge in [-0.25, -0.2) is 4.75 Å². The molecule has 0 spiro atoms. The molecule has 90 valence electrons. The van der Waals surface area contributed by atoms with Crippen molar-refractivity contribution in [1.29, 1.82) is 0 Å². The zero-order valence-electron chi connectivity index (χ0n) is 11.0. The predicted molar refractivity (Wildman–Crippen MR) is 85.3 cm³/mol. The van der Waals surface area contributed by atoms with E-state index < -0.39 is 15.6 Å². The predicted octanol–water partition coefficient (Wildman–Crippen LogP) is 4.38. The summed E-state index contributed by atoms with van der Waals surface area (Å²) >= 11 is 9.93. The van der Waals surface area contributed by atoms with Gasteiger partial charge in [-0.1, -0.05) is 32.3 Å². The highest BCUT2D eigenvalue weighted by molar-refractivity contribution is 8.31. The van der Waals surface area contributed by atoms with Crippen molar-refractivity contribution < 1.29 is 0 Å². The Balaban J connectivity index is 5.25. The SMILES string of the molecule is CC(C)[P+](N[Si](C)(C)C)(C(=S)S)C(C)C. The summed E-state index contributed by atoms with van der Waals surface area (Å²) in [5.41, 5.74) is 1.16. The lowest BCUT2D eigenvalue weighted by atomic mass is 10.5. The molecule has 0 bridgehead atoms. The molecule has 15 heavy (non-hydrogen) atoms. The average molecular weight is 283 g/mol. The Bertz CT molecular complexity index is 228. The zero-order chi connectivity index (χ0) is 12.4. The van der Waals surface area contributed by atoms with E-state index in [1.807, 2.05) is 0 Å². The molecule has 0 radical (unpaired) electrons. The molecule has 0 aromatic carbocycles. The average Bonchev–Trinajstić information content (AvgIpc) is 1.96. The topological polar surface area (TPSA) is 12.0 Å². The Morgan fingerprint density at radius 2 is 1.47 bits per heavy atom. The smallest absolute Gasteiger partial charge is 0.203 e. The molecule has 0 aliphatic carbocycles. The quantitative estimate of drug-likeness (QED) is 0.336. The number of nitrogens with one attached hydrogen (secondary N) is 1. The van der Waals surface area contributed by atoms with Crippen LogP contribution in [0.2, 0.25) is 19.6 Å². The summed E-state index contributed by atoms with van der Waals surface area (Å²) in [5, 5.41) is 0. The Morgan fingerprint density at radius 3 is 1.53 bits per heavy atom. The van der Waals surface area contributed by atoms with Crippen LogP contribution in [0, 0.1) is 0 Å². The van der Waals surface area contributed by atoms with Crippen molar-refractivity contribution >= 4 is 44.4 Å². The summed E-state index contributed by atoms with van der Waals surface area (Å²) in [6, 6.07) is 0. The van der Waals surface area contributed by atoms with Gasteiger partial charge in [0.1, 0.15) is 7.41 Å². The van der Waals surface area contributed by atoms with Gasteiger partial charge in [0, 0.05) is 0 Å². The fraction of sp³-hybridized carbons (Fsp3) is 0.900. The first-order valence-electron chi connectivity index (χ1n) is 5.45. The van der Waals surface area contributed by atoms with Gasteiger partial charge in [0.25, 0.3) is 0 Å². The summed E-state index contributed by atoms with van der Waals surface area (Å²) in [4.78, 5) is 0. The van der Waals surface area contributed by atoms with Gasteiger partial charge in [-0.05, 0) is 39.9 Å². The van der Waals surface area contributed by atoms with Crippen molar-refractivity contribution in [2.75, 3.05) is 0 Å². The van der Waals surface area contributed by atoms with E-state index in [0.29, 0.717) is 11.3 Å². The molecule has 5 heteroatoms. The van der Waals surface area contributed by atoms with Crippen LogP contribution in [0.1, 0.15) is 27.7 Å². The van der Waals surface area contributed by atoms with E-state index in [1.54, 1.807) is 0 Å². The van der Waals surface area contributed by atoms with Crippen molar-refractivity contribution in [3.63, 3.8) is 0 Å². The highest BCUT2D eigenvalue weighted by atomic mass is 32.1. The summed E-state index contributed by atoms with van der Waals surface area (Å²) in [6.45, 7) is 16.1. The van der Waals surface area contributed by atoms with Crippen molar-refractivity contribution in [2.45, 2.75) is 58.7 Å². The van der Waals surface area contributed by atoms with E-state index in [0.717, 1.165) is 3.94 Å². The van der Waals surface area contributed by atoms with E-state index >= 15 is 0 Å². The molecule has 0 aliphatic heterocycles. The number of rotatable bonds is 5. The fourth-order valence-corrected chi connectivity index (χ4v) is 14.4. The summed E-state index contributed by atoms with van der Waals surface area (Å²) in [6.07, 6.45) is 0. The molecule has 0 saturated heterocycles. The molecular weight excluding hydrogens is 257 g/mol. The molecule has 0 atom stereocenters. The first-order chi connectivity index (χ1) is 6.54.